The number of aromatic nitrogens is 1. The number of anilines is 1. The lowest BCUT2D eigenvalue weighted by atomic mass is 10.2. The summed E-state index contributed by atoms with van der Waals surface area (Å²) in [5, 5.41) is 1.86. The lowest BCUT2D eigenvalue weighted by Crippen LogP contribution is -2.43. The molecule has 8 heteroatoms. The minimum Gasteiger partial charge on any atom is -0.379 e. The number of nitrogens with zero attached hydrogens (tertiary/aromatic N) is 3. The van der Waals surface area contributed by atoms with Gasteiger partial charge in [0.2, 0.25) is 0 Å². The van der Waals surface area contributed by atoms with Crippen LogP contribution in [-0.4, -0.2) is 60.4 Å². The third kappa shape index (κ3) is 5.64. The number of carbonyl (C=O) groups is 1. The molecule has 0 aliphatic carbocycles. The number of aryl methyl sites for hydroxylation is 1. The predicted octanol–water partition coefficient (Wildman–Crippen LogP) is 5.74. The van der Waals surface area contributed by atoms with Gasteiger partial charge in [-0.15, -0.1) is 11.8 Å². The summed E-state index contributed by atoms with van der Waals surface area (Å²) in [6, 6.07) is 11.7. The molecule has 32 heavy (non-hydrogen) atoms. The van der Waals surface area contributed by atoms with E-state index in [4.69, 9.17) is 21.3 Å². The van der Waals surface area contributed by atoms with E-state index in [1.165, 1.54) is 11.3 Å². The monoisotopic (exact) mass is 489 g/mol. The van der Waals surface area contributed by atoms with Crippen LogP contribution in [-0.2, 0) is 4.74 Å². The van der Waals surface area contributed by atoms with Gasteiger partial charge >= 0.3 is 0 Å². The van der Waals surface area contributed by atoms with E-state index in [2.05, 4.69) is 24.8 Å². The molecule has 0 saturated carbocycles. The quantitative estimate of drug-likeness (QED) is 0.396. The van der Waals surface area contributed by atoms with Gasteiger partial charge in [0.15, 0.2) is 5.13 Å². The van der Waals surface area contributed by atoms with Crippen molar-refractivity contribution in [3.05, 3.63) is 52.5 Å². The molecule has 2 aromatic carbocycles. The fraction of sp³-hybridized carbons (Fsp3) is 0.417. The fourth-order valence-corrected chi connectivity index (χ4v) is 6.08. The number of amides is 1. The molecule has 3 aromatic rings. The molecular weight excluding hydrogens is 462 g/mol. The van der Waals surface area contributed by atoms with Gasteiger partial charge in [0.25, 0.3) is 5.91 Å². The molecular formula is C24H28ClN3O2S2. The number of carbonyl (C=O) groups excluding carboxylic acids is 1. The van der Waals surface area contributed by atoms with Crippen molar-refractivity contribution in [1.29, 1.82) is 0 Å². The second kappa shape index (κ2) is 10.5. The Balaban J connectivity index is 1.65. The van der Waals surface area contributed by atoms with Crippen LogP contribution in [0, 0.1) is 6.92 Å². The molecule has 1 fully saturated rings. The number of benzene rings is 2. The molecule has 0 radical (unpaired) electrons. The zero-order chi connectivity index (χ0) is 22.7. The van der Waals surface area contributed by atoms with Gasteiger partial charge in [-0.2, -0.15) is 0 Å². The summed E-state index contributed by atoms with van der Waals surface area (Å²) in [4.78, 5) is 23.8. The Kier molecular flexibility index (Phi) is 7.74. The Morgan fingerprint density at radius 3 is 2.81 bits per heavy atom. The summed E-state index contributed by atoms with van der Waals surface area (Å²) in [6.45, 7) is 10.9. The highest BCUT2D eigenvalue weighted by atomic mass is 35.5. The summed E-state index contributed by atoms with van der Waals surface area (Å²) >= 11 is 9.55. The van der Waals surface area contributed by atoms with Crippen molar-refractivity contribution >= 4 is 56.0 Å². The Hall–Kier alpha value is -1.64. The molecule has 4 rings (SSSR count). The van der Waals surface area contributed by atoms with Crippen LogP contribution < -0.4 is 4.90 Å². The first kappa shape index (κ1) is 23.5. The molecule has 1 aliphatic heterocycles. The first-order valence-electron chi connectivity index (χ1n) is 10.9. The Labute approximate surface area is 202 Å². The van der Waals surface area contributed by atoms with E-state index in [0.717, 1.165) is 53.5 Å². The maximum atomic E-state index is 13.7. The fourth-order valence-electron chi connectivity index (χ4n) is 3.74. The average Bonchev–Trinajstić information content (AvgIpc) is 3.18. The van der Waals surface area contributed by atoms with Gasteiger partial charge in [0.1, 0.15) is 0 Å². The van der Waals surface area contributed by atoms with Crippen LogP contribution in [0.3, 0.4) is 0 Å². The van der Waals surface area contributed by atoms with Crippen LogP contribution >= 0.6 is 34.7 Å². The number of hydrogen-bond donors (Lipinski definition) is 0. The number of hydrogen-bond acceptors (Lipinski definition) is 6. The molecule has 0 atom stereocenters. The molecule has 5 nitrogen and oxygen atoms in total. The van der Waals surface area contributed by atoms with Gasteiger partial charge in [-0.05, 0) is 42.8 Å². The van der Waals surface area contributed by atoms with E-state index in [1.807, 2.05) is 42.2 Å². The van der Waals surface area contributed by atoms with Gasteiger partial charge < -0.3 is 4.74 Å². The topological polar surface area (TPSA) is 45.7 Å². The van der Waals surface area contributed by atoms with Gasteiger partial charge in [0, 0.05) is 46.9 Å². The van der Waals surface area contributed by atoms with Crippen molar-refractivity contribution < 1.29 is 9.53 Å². The van der Waals surface area contributed by atoms with Crippen LogP contribution in [0.1, 0.15) is 29.8 Å². The van der Waals surface area contributed by atoms with E-state index in [1.54, 1.807) is 11.8 Å². The first-order valence-corrected chi connectivity index (χ1v) is 12.9. The molecule has 0 bridgehead atoms. The molecule has 170 valence electrons. The molecule has 1 aromatic heterocycles. The smallest absolute Gasteiger partial charge is 0.260 e. The average molecular weight is 490 g/mol. The lowest BCUT2D eigenvalue weighted by molar-refractivity contribution is 0.0391. The highest BCUT2D eigenvalue weighted by Gasteiger charge is 2.23. The van der Waals surface area contributed by atoms with E-state index in [0.29, 0.717) is 27.5 Å². The lowest BCUT2D eigenvalue weighted by Gasteiger charge is -2.29. The first-order chi connectivity index (χ1) is 15.4. The van der Waals surface area contributed by atoms with Crippen LogP contribution in [0.15, 0.2) is 41.3 Å². The van der Waals surface area contributed by atoms with Crippen LogP contribution in [0.5, 0.6) is 0 Å². The largest absolute Gasteiger partial charge is 0.379 e. The molecule has 1 aliphatic rings. The normalized spacial score (nSPS) is 14.9. The number of fused-ring (bicyclic) bond motifs is 1. The van der Waals surface area contributed by atoms with Crippen molar-refractivity contribution in [2.75, 3.05) is 44.3 Å². The van der Waals surface area contributed by atoms with E-state index < -0.39 is 0 Å². The highest BCUT2D eigenvalue weighted by Crippen LogP contribution is 2.34. The van der Waals surface area contributed by atoms with Gasteiger partial charge in [0.05, 0.1) is 23.4 Å². The van der Waals surface area contributed by atoms with Gasteiger partial charge in [-0.1, -0.05) is 42.9 Å². The predicted molar refractivity (Wildman–Crippen MR) is 136 cm³/mol. The Morgan fingerprint density at radius 1 is 1.28 bits per heavy atom. The van der Waals surface area contributed by atoms with Crippen molar-refractivity contribution in [3.63, 3.8) is 0 Å². The number of halogens is 1. The van der Waals surface area contributed by atoms with Crippen molar-refractivity contribution in [3.8, 4) is 0 Å². The van der Waals surface area contributed by atoms with Crippen LogP contribution in [0.2, 0.25) is 5.02 Å². The maximum absolute atomic E-state index is 13.7. The second-order valence-electron chi connectivity index (χ2n) is 8.17. The van der Waals surface area contributed by atoms with Crippen LogP contribution in [0.25, 0.3) is 10.2 Å². The summed E-state index contributed by atoms with van der Waals surface area (Å²) in [6.07, 6.45) is 0. The Morgan fingerprint density at radius 2 is 2.06 bits per heavy atom. The van der Waals surface area contributed by atoms with Crippen LogP contribution in [0.4, 0.5) is 5.13 Å². The van der Waals surface area contributed by atoms with Gasteiger partial charge in [-0.3, -0.25) is 14.6 Å². The minimum atomic E-state index is -0.0210. The molecule has 0 unspecified atom stereocenters. The number of rotatable bonds is 7. The number of ether oxygens (including phenoxy) is 1. The highest BCUT2D eigenvalue weighted by molar-refractivity contribution is 7.99. The standard InChI is InChI=1S/C24H28ClN3O2S2/c1-16(2)31-20-6-4-5-18(14-20)23(29)28(8-7-27-9-11-30-12-10-27)24-26-22-17(3)13-19(25)15-21(22)32-24/h4-6,13-16H,7-12H2,1-3H3. The summed E-state index contributed by atoms with van der Waals surface area (Å²) in [5.41, 5.74) is 2.61. The summed E-state index contributed by atoms with van der Waals surface area (Å²) in [7, 11) is 0. The molecule has 0 N–H and O–H groups in total. The number of thioether (sulfide) groups is 1. The van der Waals surface area contributed by atoms with Crippen molar-refractivity contribution in [2.45, 2.75) is 30.9 Å². The number of thiazole rings is 1. The third-order valence-electron chi connectivity index (χ3n) is 5.31. The zero-order valence-electron chi connectivity index (χ0n) is 18.6. The zero-order valence-corrected chi connectivity index (χ0v) is 21.0. The molecule has 2 heterocycles. The van der Waals surface area contributed by atoms with Crippen molar-refractivity contribution in [1.82, 2.24) is 9.88 Å². The number of morpholine rings is 1. The SMILES string of the molecule is Cc1cc(Cl)cc2sc(N(CCN3CCOCC3)C(=O)c3cccc(SC(C)C)c3)nc12. The summed E-state index contributed by atoms with van der Waals surface area (Å²) in [5.74, 6) is -0.0210. The van der Waals surface area contributed by atoms with E-state index in [9.17, 15) is 4.79 Å². The maximum Gasteiger partial charge on any atom is 0.260 e. The Bertz CT molecular complexity index is 1100. The van der Waals surface area contributed by atoms with E-state index >= 15 is 0 Å². The van der Waals surface area contributed by atoms with Gasteiger partial charge in [-0.25, -0.2) is 4.98 Å². The van der Waals surface area contributed by atoms with Crippen molar-refractivity contribution in [2.24, 2.45) is 0 Å². The molecule has 0 spiro atoms. The minimum absolute atomic E-state index is 0.0210. The van der Waals surface area contributed by atoms with E-state index in [-0.39, 0.29) is 5.91 Å². The molecule has 1 amide bonds. The second-order valence-corrected chi connectivity index (χ2v) is 11.3. The molecule has 1 saturated heterocycles. The summed E-state index contributed by atoms with van der Waals surface area (Å²) < 4.78 is 6.47. The third-order valence-corrected chi connectivity index (χ3v) is 7.55.